The van der Waals surface area contributed by atoms with Crippen molar-refractivity contribution < 1.29 is 28.5 Å². The van der Waals surface area contributed by atoms with Crippen molar-refractivity contribution in [2.24, 2.45) is 4.99 Å². The first-order valence-electron chi connectivity index (χ1n) is 10.9. The molecule has 184 valence electrons. The van der Waals surface area contributed by atoms with E-state index >= 15 is 0 Å². The fourth-order valence-electron chi connectivity index (χ4n) is 3.77. The summed E-state index contributed by atoms with van der Waals surface area (Å²) in [5.41, 5.74) is 2.42. The van der Waals surface area contributed by atoms with E-state index in [4.69, 9.17) is 18.9 Å². The Balaban J connectivity index is 2.05. The number of nitrogens with one attached hydrogen (secondary N) is 1. The van der Waals surface area contributed by atoms with Gasteiger partial charge in [0.2, 0.25) is 5.91 Å². The van der Waals surface area contributed by atoms with Crippen LogP contribution in [0, 0.1) is 0 Å². The number of fused-ring (bicyclic) bond motifs is 1. The average molecular weight is 490 g/mol. The molecule has 10 heteroatoms. The lowest BCUT2D eigenvalue weighted by molar-refractivity contribution is -0.143. The third kappa shape index (κ3) is 5.56. The lowest BCUT2D eigenvalue weighted by Gasteiger charge is -2.37. The number of amidine groups is 1. The number of ether oxygens (including phenoxy) is 4. The van der Waals surface area contributed by atoms with Gasteiger partial charge in [0.25, 0.3) is 0 Å². The van der Waals surface area contributed by atoms with E-state index in [-0.39, 0.29) is 18.4 Å². The first-order valence-corrected chi connectivity index (χ1v) is 11.8. The molecule has 0 bridgehead atoms. The molecule has 2 heterocycles. The smallest absolute Gasteiger partial charge is 0.338 e. The molecule has 34 heavy (non-hydrogen) atoms. The van der Waals surface area contributed by atoms with Crippen molar-refractivity contribution in [2.45, 2.75) is 39.3 Å². The zero-order valence-corrected chi connectivity index (χ0v) is 21.2. The summed E-state index contributed by atoms with van der Waals surface area (Å²) in [5.74, 6) is 0.567. The standard InChI is InChI=1S/C24H31N3O6S/c1-14(2)33-23(29)21-15(3)26-24-27(16(13-34-24)11-20(28)25-9-10-30-4)22(21)18-8-7-17(31-5)12-19(18)32-6/h7-8,12-14,22H,9-11H2,1-6H3,(H,25,28). The van der Waals surface area contributed by atoms with Crippen LogP contribution in [0.3, 0.4) is 0 Å². The number of hydrogen-bond donors (Lipinski definition) is 1. The molecular formula is C24H31N3O6S. The SMILES string of the molecule is COCCNC(=O)CC1=CSC2=NC(C)=C(C(=O)OC(C)C)C(c3ccc(OC)cc3OC)N12. The van der Waals surface area contributed by atoms with Crippen LogP contribution in [0.4, 0.5) is 0 Å². The highest BCUT2D eigenvalue weighted by Crippen LogP contribution is 2.47. The maximum atomic E-state index is 13.3. The van der Waals surface area contributed by atoms with E-state index in [1.165, 1.54) is 11.8 Å². The van der Waals surface area contributed by atoms with Crippen LogP contribution in [0.1, 0.15) is 38.8 Å². The van der Waals surface area contributed by atoms with E-state index in [9.17, 15) is 9.59 Å². The largest absolute Gasteiger partial charge is 0.497 e. The summed E-state index contributed by atoms with van der Waals surface area (Å²) in [4.78, 5) is 32.4. The van der Waals surface area contributed by atoms with Gasteiger partial charge >= 0.3 is 5.97 Å². The predicted octanol–water partition coefficient (Wildman–Crippen LogP) is 3.38. The number of hydrogen-bond acceptors (Lipinski definition) is 9. The summed E-state index contributed by atoms with van der Waals surface area (Å²) >= 11 is 1.41. The number of methoxy groups -OCH3 is 3. The number of nitrogens with zero attached hydrogens (tertiary/aromatic N) is 2. The molecule has 1 aromatic carbocycles. The number of carbonyl (C=O) groups excluding carboxylic acids is 2. The van der Waals surface area contributed by atoms with Gasteiger partial charge in [-0.3, -0.25) is 4.79 Å². The Morgan fingerprint density at radius 3 is 2.62 bits per heavy atom. The molecule has 3 rings (SSSR count). The van der Waals surface area contributed by atoms with Crippen LogP contribution < -0.4 is 14.8 Å². The number of aliphatic imine (C=N–C) groups is 1. The summed E-state index contributed by atoms with van der Waals surface area (Å²) < 4.78 is 21.6. The molecule has 0 aliphatic carbocycles. The van der Waals surface area contributed by atoms with Crippen molar-refractivity contribution >= 4 is 28.8 Å². The number of amides is 1. The van der Waals surface area contributed by atoms with Gasteiger partial charge in [-0.2, -0.15) is 0 Å². The molecule has 1 aromatic rings. The molecule has 0 fully saturated rings. The van der Waals surface area contributed by atoms with Crippen LogP contribution in [0.2, 0.25) is 0 Å². The van der Waals surface area contributed by atoms with Crippen LogP contribution >= 0.6 is 11.8 Å². The minimum atomic E-state index is -0.590. The Morgan fingerprint density at radius 1 is 1.21 bits per heavy atom. The molecule has 1 amide bonds. The van der Waals surface area contributed by atoms with Crippen LogP contribution in [-0.2, 0) is 19.1 Å². The van der Waals surface area contributed by atoms with Gasteiger partial charge in [0, 0.05) is 31.0 Å². The van der Waals surface area contributed by atoms with Crippen molar-refractivity contribution in [3.63, 3.8) is 0 Å². The maximum absolute atomic E-state index is 13.3. The number of carbonyl (C=O) groups is 2. The van der Waals surface area contributed by atoms with Gasteiger partial charge in [-0.1, -0.05) is 11.8 Å². The molecule has 2 aliphatic rings. The first-order chi connectivity index (χ1) is 16.3. The molecule has 0 aromatic heterocycles. The van der Waals surface area contributed by atoms with Crippen molar-refractivity contribution in [1.82, 2.24) is 10.2 Å². The highest BCUT2D eigenvalue weighted by Gasteiger charge is 2.42. The molecule has 0 saturated carbocycles. The van der Waals surface area contributed by atoms with Gasteiger partial charge < -0.3 is 29.2 Å². The minimum Gasteiger partial charge on any atom is -0.497 e. The molecule has 9 nitrogen and oxygen atoms in total. The van der Waals surface area contributed by atoms with Crippen LogP contribution in [0.5, 0.6) is 11.5 Å². The third-order valence-electron chi connectivity index (χ3n) is 5.27. The highest BCUT2D eigenvalue weighted by molar-refractivity contribution is 8.16. The monoisotopic (exact) mass is 489 g/mol. The predicted molar refractivity (Wildman–Crippen MR) is 131 cm³/mol. The molecule has 0 radical (unpaired) electrons. The molecule has 1 N–H and O–H groups in total. The summed E-state index contributed by atoms with van der Waals surface area (Å²) in [6, 6.07) is 4.85. The van der Waals surface area contributed by atoms with Gasteiger partial charge in [-0.05, 0) is 38.3 Å². The van der Waals surface area contributed by atoms with Crippen molar-refractivity contribution in [3.8, 4) is 11.5 Å². The van der Waals surface area contributed by atoms with E-state index in [0.717, 1.165) is 11.3 Å². The Kier molecular flexibility index (Phi) is 8.62. The van der Waals surface area contributed by atoms with E-state index in [1.54, 1.807) is 48.2 Å². The first kappa shape index (κ1) is 25.6. The summed E-state index contributed by atoms with van der Waals surface area (Å²) in [6.07, 6.45) is -0.179. The zero-order valence-electron chi connectivity index (χ0n) is 20.3. The average Bonchev–Trinajstić information content (AvgIpc) is 3.19. The second-order valence-corrected chi connectivity index (χ2v) is 8.81. The Morgan fingerprint density at radius 2 is 1.97 bits per heavy atom. The second-order valence-electron chi connectivity index (χ2n) is 7.97. The van der Waals surface area contributed by atoms with E-state index in [0.29, 0.717) is 41.1 Å². The van der Waals surface area contributed by atoms with Crippen molar-refractivity contribution in [2.75, 3.05) is 34.5 Å². The fraction of sp³-hybridized carbons (Fsp3) is 0.458. The van der Waals surface area contributed by atoms with Crippen LogP contribution in [0.25, 0.3) is 0 Å². The second kappa shape index (κ2) is 11.4. The lowest BCUT2D eigenvalue weighted by atomic mass is 9.93. The number of allylic oxidation sites excluding steroid dienone is 1. The van der Waals surface area contributed by atoms with Crippen LogP contribution in [-0.4, -0.2) is 62.5 Å². The number of rotatable bonds is 10. The van der Waals surface area contributed by atoms with E-state index in [2.05, 4.69) is 10.3 Å². The van der Waals surface area contributed by atoms with E-state index < -0.39 is 12.0 Å². The molecule has 1 unspecified atom stereocenters. The normalized spacial score (nSPS) is 17.3. The topological polar surface area (TPSA) is 98.7 Å². The number of benzene rings is 1. The Hall–Kier alpha value is -2.98. The molecule has 0 saturated heterocycles. The maximum Gasteiger partial charge on any atom is 0.338 e. The van der Waals surface area contributed by atoms with E-state index in [1.807, 2.05) is 22.4 Å². The highest BCUT2D eigenvalue weighted by atomic mass is 32.2. The summed E-state index contributed by atoms with van der Waals surface area (Å²) in [6.45, 7) is 6.23. The van der Waals surface area contributed by atoms with Gasteiger partial charge in [0.1, 0.15) is 11.5 Å². The molecule has 2 aliphatic heterocycles. The fourth-order valence-corrected chi connectivity index (χ4v) is 4.73. The number of esters is 1. The van der Waals surface area contributed by atoms with Crippen molar-refractivity contribution in [1.29, 1.82) is 0 Å². The van der Waals surface area contributed by atoms with Gasteiger partial charge in [0.15, 0.2) is 5.17 Å². The molecule has 1 atom stereocenters. The zero-order chi connectivity index (χ0) is 24.8. The van der Waals surface area contributed by atoms with Gasteiger partial charge in [-0.15, -0.1) is 0 Å². The minimum absolute atomic E-state index is 0.121. The summed E-state index contributed by atoms with van der Waals surface area (Å²) in [7, 11) is 4.73. The molecular weight excluding hydrogens is 458 g/mol. The van der Waals surface area contributed by atoms with Crippen molar-refractivity contribution in [3.05, 3.63) is 46.1 Å². The summed E-state index contributed by atoms with van der Waals surface area (Å²) in [5, 5.41) is 5.41. The van der Waals surface area contributed by atoms with Crippen LogP contribution in [0.15, 0.2) is 45.6 Å². The Labute approximate surface area is 204 Å². The van der Waals surface area contributed by atoms with Gasteiger partial charge in [-0.25, -0.2) is 9.79 Å². The molecule has 0 spiro atoms. The lowest BCUT2D eigenvalue weighted by Crippen LogP contribution is -2.38. The van der Waals surface area contributed by atoms with Gasteiger partial charge in [0.05, 0.1) is 50.7 Å². The Bertz CT molecular complexity index is 1030. The third-order valence-corrected chi connectivity index (χ3v) is 6.16. The number of thioether (sulfide) groups is 1. The quantitative estimate of drug-likeness (QED) is 0.395.